The van der Waals surface area contributed by atoms with Crippen molar-refractivity contribution in [1.29, 1.82) is 0 Å². The summed E-state index contributed by atoms with van der Waals surface area (Å²) >= 11 is 0. The lowest BCUT2D eigenvalue weighted by atomic mass is 10.0. The van der Waals surface area contributed by atoms with Crippen LogP contribution in [0, 0.1) is 0 Å². The molecule has 1 fully saturated rings. The maximum atomic E-state index is 10.2. The van der Waals surface area contributed by atoms with Gasteiger partial charge in [-0.25, -0.2) is 0 Å². The molecule has 0 saturated carbocycles. The molecule has 21 heavy (non-hydrogen) atoms. The highest BCUT2D eigenvalue weighted by Gasteiger charge is 2.26. The Kier molecular flexibility index (Phi) is 4.78. The predicted octanol–water partition coefficient (Wildman–Crippen LogP) is 2.17. The fourth-order valence-electron chi connectivity index (χ4n) is 3.31. The molecule has 1 saturated heterocycles. The molecule has 2 aliphatic heterocycles. The first-order valence-electron chi connectivity index (χ1n) is 7.95. The maximum Gasteiger partial charge on any atom is 0.0948 e. The van der Waals surface area contributed by atoms with Gasteiger partial charge in [-0.3, -0.25) is 0 Å². The molecule has 1 N–H and O–H groups in total. The Balaban J connectivity index is 1.46. The molecular weight excluding hydrogens is 266 g/mol. The van der Waals surface area contributed by atoms with E-state index in [1.54, 1.807) is 0 Å². The van der Waals surface area contributed by atoms with E-state index < -0.39 is 6.10 Å². The number of para-hydroxylation sites is 1. The van der Waals surface area contributed by atoms with E-state index in [2.05, 4.69) is 36.1 Å². The Hall–Kier alpha value is -1.10. The van der Waals surface area contributed by atoms with Gasteiger partial charge < -0.3 is 19.5 Å². The highest BCUT2D eigenvalue weighted by atomic mass is 16.5. The summed E-state index contributed by atoms with van der Waals surface area (Å²) in [5.74, 6) is 0.529. The summed E-state index contributed by atoms with van der Waals surface area (Å²) in [6.45, 7) is 5.67. The van der Waals surface area contributed by atoms with Crippen LogP contribution in [-0.2, 0) is 9.47 Å². The predicted molar refractivity (Wildman–Crippen MR) is 82.9 cm³/mol. The molecule has 4 heteroatoms. The van der Waals surface area contributed by atoms with Crippen molar-refractivity contribution < 1.29 is 14.6 Å². The molecule has 0 radical (unpaired) electrons. The normalized spacial score (nSPS) is 26.1. The van der Waals surface area contributed by atoms with E-state index in [-0.39, 0.29) is 6.10 Å². The number of hydrogen-bond acceptors (Lipinski definition) is 4. The van der Waals surface area contributed by atoms with Gasteiger partial charge in [0.1, 0.15) is 0 Å². The van der Waals surface area contributed by atoms with Gasteiger partial charge in [0.15, 0.2) is 0 Å². The zero-order chi connectivity index (χ0) is 14.7. The summed E-state index contributed by atoms with van der Waals surface area (Å²) in [5.41, 5.74) is 2.63. The van der Waals surface area contributed by atoms with Crippen molar-refractivity contribution in [2.24, 2.45) is 0 Å². The molecule has 0 spiro atoms. The number of aliphatic hydroxyl groups excluding tert-OH is 1. The Morgan fingerprint density at radius 2 is 2.29 bits per heavy atom. The summed E-state index contributed by atoms with van der Waals surface area (Å²) in [7, 11) is 0. The highest BCUT2D eigenvalue weighted by Crippen LogP contribution is 2.35. The first kappa shape index (κ1) is 14.8. The van der Waals surface area contributed by atoms with Gasteiger partial charge in [0, 0.05) is 31.3 Å². The summed E-state index contributed by atoms with van der Waals surface area (Å²) in [6.07, 6.45) is 1.97. The summed E-state index contributed by atoms with van der Waals surface area (Å²) < 4.78 is 11.1. The van der Waals surface area contributed by atoms with Crippen LogP contribution in [0.1, 0.15) is 31.2 Å². The zero-order valence-electron chi connectivity index (χ0n) is 12.7. The smallest absolute Gasteiger partial charge is 0.0948 e. The van der Waals surface area contributed by atoms with Crippen LogP contribution >= 0.6 is 0 Å². The van der Waals surface area contributed by atoms with E-state index in [0.717, 1.165) is 26.0 Å². The van der Waals surface area contributed by atoms with Crippen molar-refractivity contribution in [2.45, 2.75) is 37.9 Å². The lowest BCUT2D eigenvalue weighted by Crippen LogP contribution is -2.34. The number of nitrogens with zero attached hydrogens (tertiary/aromatic N) is 1. The van der Waals surface area contributed by atoms with Crippen molar-refractivity contribution in [3.63, 3.8) is 0 Å². The number of fused-ring (bicyclic) bond motifs is 1. The molecule has 0 unspecified atom stereocenters. The first-order valence-corrected chi connectivity index (χ1v) is 7.95. The minimum absolute atomic E-state index is 0.227. The summed E-state index contributed by atoms with van der Waals surface area (Å²) in [4.78, 5) is 2.26. The van der Waals surface area contributed by atoms with Gasteiger partial charge in [-0.05, 0) is 24.5 Å². The van der Waals surface area contributed by atoms with Crippen molar-refractivity contribution in [3.05, 3.63) is 29.8 Å². The molecule has 1 aromatic rings. The summed E-state index contributed by atoms with van der Waals surface area (Å²) in [6, 6.07) is 8.46. The molecule has 0 aliphatic carbocycles. The molecule has 0 bridgehead atoms. The third-order valence-corrected chi connectivity index (χ3v) is 4.37. The number of rotatable bonds is 6. The molecular formula is C17H25NO3. The zero-order valence-corrected chi connectivity index (χ0v) is 12.7. The Morgan fingerprint density at radius 3 is 3.10 bits per heavy atom. The van der Waals surface area contributed by atoms with Gasteiger partial charge in [-0.1, -0.05) is 25.1 Å². The highest BCUT2D eigenvalue weighted by molar-refractivity contribution is 5.59. The van der Waals surface area contributed by atoms with Crippen LogP contribution in [0.2, 0.25) is 0 Å². The average Bonchev–Trinajstić information content (AvgIpc) is 3.09. The molecule has 2 heterocycles. The second kappa shape index (κ2) is 6.77. The first-order chi connectivity index (χ1) is 10.2. The quantitative estimate of drug-likeness (QED) is 0.872. The molecule has 0 aromatic heterocycles. The second-order valence-corrected chi connectivity index (χ2v) is 6.19. The molecule has 3 atom stereocenters. The van der Waals surface area contributed by atoms with Crippen LogP contribution in [0.15, 0.2) is 24.3 Å². The number of anilines is 1. The van der Waals surface area contributed by atoms with Crippen molar-refractivity contribution in [3.8, 4) is 0 Å². The number of aliphatic hydroxyl groups is 1. The number of hydrogen-bond donors (Lipinski definition) is 1. The minimum Gasteiger partial charge on any atom is -0.389 e. The number of benzene rings is 1. The van der Waals surface area contributed by atoms with E-state index in [1.807, 2.05) is 0 Å². The maximum absolute atomic E-state index is 10.2. The van der Waals surface area contributed by atoms with Gasteiger partial charge in [0.05, 0.1) is 25.4 Å². The standard InChI is InChI=1S/C17H25NO3/c1-13-9-18(17-7-3-2-6-16(13)17)10-14(19)11-20-12-15-5-4-8-21-15/h2-3,6-7,13-15,19H,4-5,8-12H2,1H3/t13-,14-,15+/m1/s1. The SMILES string of the molecule is C[C@@H]1CN(C[C@@H](O)COC[C@@H]2CCCO2)c2ccccc21. The largest absolute Gasteiger partial charge is 0.389 e. The molecule has 0 amide bonds. The lowest BCUT2D eigenvalue weighted by Gasteiger charge is -2.23. The number of β-amino-alcohol motifs (C(OH)–C–C–N with tert-alkyl or cyclic N) is 1. The molecule has 1 aromatic carbocycles. The Morgan fingerprint density at radius 1 is 1.43 bits per heavy atom. The minimum atomic E-state index is -0.454. The van der Waals surface area contributed by atoms with Gasteiger partial charge in [-0.15, -0.1) is 0 Å². The lowest BCUT2D eigenvalue weighted by molar-refractivity contribution is -0.0149. The molecule has 4 nitrogen and oxygen atoms in total. The Bertz CT molecular complexity index is 459. The van der Waals surface area contributed by atoms with Crippen molar-refractivity contribution >= 4 is 5.69 Å². The second-order valence-electron chi connectivity index (χ2n) is 6.19. The summed E-state index contributed by atoms with van der Waals surface area (Å²) in [5, 5.41) is 10.2. The third-order valence-electron chi connectivity index (χ3n) is 4.37. The fourth-order valence-corrected chi connectivity index (χ4v) is 3.31. The van der Waals surface area contributed by atoms with Gasteiger partial charge in [0.25, 0.3) is 0 Å². The van der Waals surface area contributed by atoms with Crippen LogP contribution in [0.5, 0.6) is 0 Å². The van der Waals surface area contributed by atoms with E-state index in [0.29, 0.717) is 25.7 Å². The number of ether oxygens (including phenoxy) is 2. The van der Waals surface area contributed by atoms with E-state index in [1.165, 1.54) is 11.3 Å². The van der Waals surface area contributed by atoms with Gasteiger partial charge >= 0.3 is 0 Å². The molecule has 2 aliphatic rings. The van der Waals surface area contributed by atoms with Crippen LogP contribution in [0.25, 0.3) is 0 Å². The molecule has 116 valence electrons. The van der Waals surface area contributed by atoms with Crippen LogP contribution in [0.4, 0.5) is 5.69 Å². The van der Waals surface area contributed by atoms with Gasteiger partial charge in [-0.2, -0.15) is 0 Å². The van der Waals surface area contributed by atoms with Crippen molar-refractivity contribution in [2.75, 3.05) is 37.8 Å². The monoisotopic (exact) mass is 291 g/mol. The van der Waals surface area contributed by atoms with E-state index in [4.69, 9.17) is 9.47 Å². The van der Waals surface area contributed by atoms with Crippen molar-refractivity contribution in [1.82, 2.24) is 0 Å². The van der Waals surface area contributed by atoms with Crippen LogP contribution in [0.3, 0.4) is 0 Å². The van der Waals surface area contributed by atoms with E-state index >= 15 is 0 Å². The fraction of sp³-hybridized carbons (Fsp3) is 0.647. The average molecular weight is 291 g/mol. The molecule has 3 rings (SSSR count). The Labute approximate surface area is 126 Å². The third kappa shape index (κ3) is 3.57. The van der Waals surface area contributed by atoms with Gasteiger partial charge in [0.2, 0.25) is 0 Å². The van der Waals surface area contributed by atoms with Crippen LogP contribution < -0.4 is 4.90 Å². The van der Waals surface area contributed by atoms with E-state index in [9.17, 15) is 5.11 Å². The van der Waals surface area contributed by atoms with Crippen LogP contribution in [-0.4, -0.2) is 50.2 Å². The topological polar surface area (TPSA) is 41.9 Å².